The van der Waals surface area contributed by atoms with Crippen molar-refractivity contribution in [3.8, 4) is 0 Å². The van der Waals surface area contributed by atoms with E-state index in [4.69, 9.17) is 10.5 Å². The molecule has 0 bridgehead atoms. The van der Waals surface area contributed by atoms with Gasteiger partial charge in [0.15, 0.2) is 6.23 Å². The standard InChI is InChI=1S/C14H26N4O11P2/c1-18(2,3)6-7-26-30(22,23)29-31(24,25)27-8-9-11(19)12(20)13(28-9)17-5-4-10(15)16-14(17)21/h4-5,9,11-13,19-20H,6-8H2,1-3H3,(H3-,15,16,21,22,23,24,25)/p+1/t9-,11+,12+,13+/m0/s1/i14+1,16+1,17+1. The van der Waals surface area contributed by atoms with E-state index in [1.54, 1.807) is 21.1 Å². The first-order chi connectivity index (χ1) is 14.1. The molecule has 178 valence electrons. The predicted molar refractivity (Wildman–Crippen MR) is 104 cm³/mol. The number of ether oxygens (including phenoxy) is 1. The maximum atomic E-state index is 12.0. The van der Waals surface area contributed by atoms with Crippen molar-refractivity contribution < 1.29 is 51.7 Å². The van der Waals surface area contributed by atoms with Gasteiger partial charge in [-0.2, -0.15) is 9.29 Å². The van der Waals surface area contributed by atoms with Crippen LogP contribution in [0.5, 0.6) is 0 Å². The second-order valence-corrected chi connectivity index (χ2v) is 10.8. The van der Waals surface area contributed by atoms with Gasteiger partial charge in [-0.25, -0.2) is 13.9 Å². The lowest BCUT2D eigenvalue weighted by molar-refractivity contribution is -0.870. The van der Waals surface area contributed by atoms with Gasteiger partial charge in [0.2, 0.25) is 0 Å². The van der Waals surface area contributed by atoms with Crippen LogP contribution >= 0.6 is 15.6 Å². The number of aliphatic hydroxyl groups is 2. The van der Waals surface area contributed by atoms with Crippen molar-refractivity contribution in [2.24, 2.45) is 0 Å². The fraction of sp³-hybridized carbons (Fsp3) is 0.714. The van der Waals surface area contributed by atoms with Crippen LogP contribution in [0.3, 0.4) is 0 Å². The van der Waals surface area contributed by atoms with Crippen LogP contribution in [-0.2, 0) is 27.2 Å². The summed E-state index contributed by atoms with van der Waals surface area (Å²) < 4.78 is 43.9. The minimum absolute atomic E-state index is 0.0652. The Kier molecular flexibility index (Phi) is 8.17. The number of hydrogen-bond donors (Lipinski definition) is 5. The molecule has 17 heteroatoms. The largest absolute Gasteiger partial charge is 0.481 e. The van der Waals surface area contributed by atoms with Crippen LogP contribution in [-0.4, -0.2) is 93.2 Å². The summed E-state index contributed by atoms with van der Waals surface area (Å²) in [6, 6.07) is 1.26. The topological polar surface area (TPSA) is 213 Å². The molecule has 2 heterocycles. The summed E-state index contributed by atoms with van der Waals surface area (Å²) in [6.45, 7) is -0.746. The van der Waals surface area contributed by atoms with Crippen molar-refractivity contribution in [1.29, 1.82) is 0 Å². The molecule has 1 aliphatic heterocycles. The van der Waals surface area contributed by atoms with Crippen LogP contribution < -0.4 is 11.4 Å². The molecule has 1 saturated heterocycles. The van der Waals surface area contributed by atoms with E-state index in [-0.39, 0.29) is 12.4 Å². The highest BCUT2D eigenvalue weighted by atomic mass is 31.3. The first-order valence-electron chi connectivity index (χ1n) is 8.93. The zero-order chi connectivity index (χ0) is 23.6. The lowest BCUT2D eigenvalue weighted by Gasteiger charge is -2.24. The summed E-state index contributed by atoms with van der Waals surface area (Å²) in [5.74, 6) is -0.0652. The van der Waals surface area contributed by atoms with Crippen LogP contribution in [0.2, 0.25) is 0 Å². The third-order valence-corrected chi connectivity index (χ3v) is 6.72. The van der Waals surface area contributed by atoms with E-state index in [1.807, 2.05) is 0 Å². The lowest BCUT2D eigenvalue weighted by atomic mass is 10.1. The molecule has 1 aromatic rings. The van der Waals surface area contributed by atoms with E-state index >= 15 is 0 Å². The molecule has 1 fully saturated rings. The van der Waals surface area contributed by atoms with Crippen LogP contribution in [0.1, 0.15) is 6.23 Å². The Hall–Kier alpha value is -1.22. The van der Waals surface area contributed by atoms with Gasteiger partial charge in [-0.15, -0.1) is 0 Å². The van der Waals surface area contributed by atoms with E-state index in [0.29, 0.717) is 11.0 Å². The van der Waals surface area contributed by atoms with Crippen LogP contribution in [0.4, 0.5) is 5.82 Å². The highest BCUT2D eigenvalue weighted by molar-refractivity contribution is 7.61. The number of phosphoric ester groups is 2. The number of phosphoric acid groups is 2. The Morgan fingerprint density at radius 1 is 1.19 bits per heavy atom. The molecule has 6 N–H and O–H groups in total. The molecule has 2 rings (SSSR count). The second-order valence-electron chi connectivity index (χ2n) is 7.75. The summed E-state index contributed by atoms with van der Waals surface area (Å²) >= 11 is 0. The van der Waals surface area contributed by atoms with Crippen LogP contribution in [0.25, 0.3) is 0 Å². The van der Waals surface area contributed by atoms with Gasteiger partial charge in [0, 0.05) is 6.20 Å². The number of rotatable bonds is 10. The van der Waals surface area contributed by atoms with E-state index in [2.05, 4.69) is 18.3 Å². The monoisotopic (exact) mass is 492 g/mol. The van der Waals surface area contributed by atoms with Gasteiger partial charge < -0.3 is 35.0 Å². The van der Waals surface area contributed by atoms with Gasteiger partial charge in [0.25, 0.3) is 0 Å². The molecule has 0 amide bonds. The van der Waals surface area contributed by atoms with Gasteiger partial charge in [-0.3, -0.25) is 13.6 Å². The Bertz CT molecular complexity index is 920. The minimum atomic E-state index is -5.11. The number of nitrogens with two attached hydrogens (primary N) is 1. The summed E-state index contributed by atoms with van der Waals surface area (Å²) in [6.07, 6.45) is -4.82. The first kappa shape index (κ1) is 26.0. The molecule has 31 heavy (non-hydrogen) atoms. The highest BCUT2D eigenvalue weighted by Gasteiger charge is 2.46. The van der Waals surface area contributed by atoms with E-state index < -0.39 is 52.5 Å². The average molecular weight is 492 g/mol. The van der Waals surface area contributed by atoms with E-state index in [9.17, 15) is 33.9 Å². The molecule has 2 unspecified atom stereocenters. The van der Waals surface area contributed by atoms with Crippen molar-refractivity contribution in [3.05, 3.63) is 22.7 Å². The van der Waals surface area contributed by atoms with E-state index in [0.717, 1.165) is 4.57 Å². The molecular weight excluding hydrogens is 465 g/mol. The Morgan fingerprint density at radius 2 is 1.81 bits per heavy atom. The van der Waals surface area contributed by atoms with Crippen molar-refractivity contribution >= 4 is 21.5 Å². The summed E-state index contributed by atoms with van der Waals surface area (Å²) in [5.41, 5.74) is 4.53. The van der Waals surface area contributed by atoms with Crippen LogP contribution in [0, 0.1) is 0 Å². The molecule has 0 saturated carbocycles. The van der Waals surface area contributed by atoms with Gasteiger partial charge in [0.1, 0.15) is 37.3 Å². The second kappa shape index (κ2) is 9.73. The molecule has 1 aliphatic rings. The SMILES string of the molecule is C[N+](C)(C)CCOP(=O)(O)OP(=O)(O)OC[C@@H]1O[C@@H]([15n]2ccc(N)[15n][13c]2=O)[C@H](O)[C@@H]1O. The normalized spacial score (nSPS) is 28.2. The molecule has 0 radical (unpaired) electrons. The number of aromatic nitrogens is 2. The number of nitrogen functional groups attached to an aromatic ring is 1. The number of aliphatic hydroxyl groups excluding tert-OH is 2. The highest BCUT2D eigenvalue weighted by Crippen LogP contribution is 2.60. The maximum Gasteiger partial charge on any atom is 0.481 e. The molecular formula is C14H27N4O11P2+. The lowest BCUT2D eigenvalue weighted by Crippen LogP contribution is -2.37. The first-order valence-corrected chi connectivity index (χ1v) is 11.9. The van der Waals surface area contributed by atoms with Crippen LogP contribution in [0.15, 0.2) is 17.1 Å². The van der Waals surface area contributed by atoms with Crippen molar-refractivity contribution in [2.45, 2.75) is 24.5 Å². The Morgan fingerprint density at radius 3 is 2.39 bits per heavy atom. The minimum Gasteiger partial charge on any atom is -0.387 e. The van der Waals surface area contributed by atoms with Crippen molar-refractivity contribution in [3.63, 3.8) is 0 Å². The van der Waals surface area contributed by atoms with E-state index in [1.165, 1.54) is 12.3 Å². The Balaban J connectivity index is 1.96. The van der Waals surface area contributed by atoms with Gasteiger partial charge in [-0.05, 0) is 6.07 Å². The third kappa shape index (κ3) is 7.70. The van der Waals surface area contributed by atoms with Gasteiger partial charge in [-0.1, -0.05) is 0 Å². The summed E-state index contributed by atoms with van der Waals surface area (Å²) in [7, 11) is -4.64. The maximum absolute atomic E-state index is 12.0. The number of likely N-dealkylation sites (N-methyl/N-ethyl adjacent to an activating group) is 1. The fourth-order valence-corrected chi connectivity index (χ4v) is 4.56. The zero-order valence-corrected chi connectivity index (χ0v) is 18.8. The number of quaternary nitrogens is 1. The van der Waals surface area contributed by atoms with Crippen molar-refractivity contribution in [2.75, 3.05) is 46.6 Å². The fourth-order valence-electron chi connectivity index (χ4n) is 2.49. The quantitative estimate of drug-likeness (QED) is 0.184. The Labute approximate surface area is 177 Å². The molecule has 0 aromatic carbocycles. The summed E-state index contributed by atoms with van der Waals surface area (Å²) in [4.78, 5) is 34.7. The molecule has 0 aliphatic carbocycles. The third-order valence-electron chi connectivity index (χ3n) is 4.09. The molecule has 6 atom stereocenters. The smallest absolute Gasteiger partial charge is 0.387 e. The number of hydrogen-bond acceptors (Lipinski definition) is 11. The molecule has 1 aromatic heterocycles. The molecule has 15 nitrogen and oxygen atoms in total. The number of anilines is 1. The average Bonchev–Trinajstić information content (AvgIpc) is 2.86. The predicted octanol–water partition coefficient (Wildman–Crippen LogP) is -1.60. The molecule has 0 spiro atoms. The van der Waals surface area contributed by atoms with Gasteiger partial charge in [0.05, 0.1) is 27.7 Å². The van der Waals surface area contributed by atoms with Crippen molar-refractivity contribution in [1.82, 2.24) is 9.55 Å². The zero-order valence-electron chi connectivity index (χ0n) is 17.0. The number of nitrogens with zero attached hydrogens (tertiary/aromatic N) is 3. The summed E-state index contributed by atoms with van der Waals surface area (Å²) in [5, 5.41) is 20.2. The van der Waals surface area contributed by atoms with Gasteiger partial charge >= 0.3 is 21.3 Å².